The van der Waals surface area contributed by atoms with Crippen molar-refractivity contribution >= 4 is 17.9 Å². The summed E-state index contributed by atoms with van der Waals surface area (Å²) in [6.07, 6.45) is 67.5. The predicted octanol–water partition coefficient (Wildman–Crippen LogP) is 20.3. The summed E-state index contributed by atoms with van der Waals surface area (Å²) in [6.45, 7) is 6.62. The molecule has 400 valence electrons. The third-order valence-electron chi connectivity index (χ3n) is 13.7. The fraction of sp³-hybridized carbons (Fsp3) is 0.887. The molecular weight excluding hydrogens is 841 g/mol. The Morgan fingerprint density at radius 2 is 0.559 bits per heavy atom. The minimum atomic E-state index is -0.772. The van der Waals surface area contributed by atoms with Gasteiger partial charge in [-0.15, -0.1) is 0 Å². The molecule has 0 aliphatic rings. The zero-order valence-corrected chi connectivity index (χ0v) is 45.9. The molecule has 0 aromatic carbocycles. The number of ether oxygens (including phenoxy) is 3. The molecule has 0 spiro atoms. The average Bonchev–Trinajstić information content (AvgIpc) is 3.34. The highest BCUT2D eigenvalue weighted by atomic mass is 16.6. The number of hydrogen-bond donors (Lipinski definition) is 0. The van der Waals surface area contributed by atoms with Crippen LogP contribution in [0.4, 0.5) is 0 Å². The molecule has 6 nitrogen and oxygen atoms in total. The Labute approximate surface area is 423 Å². The van der Waals surface area contributed by atoms with Gasteiger partial charge in [-0.2, -0.15) is 0 Å². The van der Waals surface area contributed by atoms with Gasteiger partial charge in [0, 0.05) is 19.3 Å². The smallest absolute Gasteiger partial charge is 0.306 e. The number of carbonyl (C=O) groups excluding carboxylic acids is 3. The van der Waals surface area contributed by atoms with Crippen LogP contribution in [0.1, 0.15) is 335 Å². The van der Waals surface area contributed by atoms with E-state index in [1.807, 2.05) is 0 Å². The molecule has 0 aromatic rings. The van der Waals surface area contributed by atoms with Gasteiger partial charge in [0.15, 0.2) is 6.10 Å². The average molecular weight is 958 g/mol. The summed E-state index contributed by atoms with van der Waals surface area (Å²) in [5, 5.41) is 0. The van der Waals surface area contributed by atoms with Crippen LogP contribution in [0.15, 0.2) is 24.3 Å². The Morgan fingerprint density at radius 1 is 0.294 bits per heavy atom. The molecule has 0 aromatic heterocycles. The Morgan fingerprint density at radius 3 is 0.868 bits per heavy atom. The maximum absolute atomic E-state index is 12.8. The second-order valence-corrected chi connectivity index (χ2v) is 20.6. The number of unbranched alkanes of at least 4 members (excludes halogenated alkanes) is 41. The summed E-state index contributed by atoms with van der Waals surface area (Å²) < 4.78 is 16.9. The number of hydrogen-bond acceptors (Lipinski definition) is 6. The van der Waals surface area contributed by atoms with Crippen LogP contribution in [0.5, 0.6) is 0 Å². The van der Waals surface area contributed by atoms with Crippen LogP contribution >= 0.6 is 0 Å². The second-order valence-electron chi connectivity index (χ2n) is 20.6. The van der Waals surface area contributed by atoms with Gasteiger partial charge in [-0.25, -0.2) is 0 Å². The van der Waals surface area contributed by atoms with E-state index in [1.54, 1.807) is 0 Å². The van der Waals surface area contributed by atoms with Crippen molar-refractivity contribution in [1.82, 2.24) is 0 Å². The standard InChI is InChI=1S/C62H116O6/c1-4-7-10-13-16-19-22-25-27-28-29-30-31-32-33-34-35-38-40-43-46-49-52-55-61(64)67-58-59(57-66-60(63)54-51-48-45-42-39-36-24-21-18-15-12-9-6-3)68-62(65)56-53-50-47-44-41-37-26-23-20-17-14-11-8-5-2/h12,15,21,24,59H,4-11,13-14,16-20,22-23,25-58H2,1-3H3/b15-12-,24-21-. The van der Waals surface area contributed by atoms with Crippen LogP contribution in [0, 0.1) is 0 Å². The number of carbonyl (C=O) groups is 3. The van der Waals surface area contributed by atoms with E-state index < -0.39 is 6.10 Å². The van der Waals surface area contributed by atoms with Crippen molar-refractivity contribution in [1.29, 1.82) is 0 Å². The highest BCUT2D eigenvalue weighted by Crippen LogP contribution is 2.18. The Hall–Kier alpha value is -2.11. The maximum Gasteiger partial charge on any atom is 0.306 e. The first-order valence-corrected chi connectivity index (χ1v) is 30.3. The molecule has 0 aliphatic heterocycles. The van der Waals surface area contributed by atoms with E-state index >= 15 is 0 Å². The number of allylic oxidation sites excluding steroid dienone is 4. The largest absolute Gasteiger partial charge is 0.462 e. The zero-order chi connectivity index (χ0) is 49.3. The van der Waals surface area contributed by atoms with Crippen molar-refractivity contribution in [3.63, 3.8) is 0 Å². The topological polar surface area (TPSA) is 78.9 Å². The first kappa shape index (κ1) is 65.9. The molecule has 0 saturated carbocycles. The summed E-state index contributed by atoms with van der Waals surface area (Å²) in [7, 11) is 0. The van der Waals surface area contributed by atoms with E-state index in [2.05, 4.69) is 45.1 Å². The van der Waals surface area contributed by atoms with Crippen LogP contribution in [0.25, 0.3) is 0 Å². The Kier molecular flexibility index (Phi) is 55.7. The van der Waals surface area contributed by atoms with Crippen LogP contribution in [0.3, 0.4) is 0 Å². The molecule has 0 heterocycles. The first-order valence-electron chi connectivity index (χ1n) is 30.3. The van der Waals surface area contributed by atoms with Crippen LogP contribution < -0.4 is 0 Å². The van der Waals surface area contributed by atoms with Crippen LogP contribution in [-0.4, -0.2) is 37.2 Å². The quantitative estimate of drug-likeness (QED) is 0.0262. The summed E-state index contributed by atoms with van der Waals surface area (Å²) in [5.41, 5.74) is 0. The summed E-state index contributed by atoms with van der Waals surface area (Å²) in [6, 6.07) is 0. The van der Waals surface area contributed by atoms with E-state index in [0.29, 0.717) is 19.3 Å². The molecule has 1 unspecified atom stereocenters. The van der Waals surface area contributed by atoms with Crippen molar-refractivity contribution in [3.8, 4) is 0 Å². The number of esters is 3. The van der Waals surface area contributed by atoms with E-state index in [-0.39, 0.29) is 31.1 Å². The molecule has 0 bridgehead atoms. The van der Waals surface area contributed by atoms with Gasteiger partial charge < -0.3 is 14.2 Å². The lowest BCUT2D eigenvalue weighted by atomic mass is 10.0. The zero-order valence-electron chi connectivity index (χ0n) is 45.9. The van der Waals surface area contributed by atoms with Gasteiger partial charge >= 0.3 is 17.9 Å². The van der Waals surface area contributed by atoms with Crippen molar-refractivity contribution < 1.29 is 28.6 Å². The maximum atomic E-state index is 12.8. The van der Waals surface area contributed by atoms with Gasteiger partial charge in [-0.1, -0.05) is 295 Å². The molecule has 6 heteroatoms. The van der Waals surface area contributed by atoms with E-state index in [9.17, 15) is 14.4 Å². The lowest BCUT2D eigenvalue weighted by Gasteiger charge is -2.18. The molecule has 0 fully saturated rings. The van der Waals surface area contributed by atoms with Crippen molar-refractivity contribution in [2.24, 2.45) is 0 Å². The van der Waals surface area contributed by atoms with E-state index in [4.69, 9.17) is 14.2 Å². The molecule has 0 aliphatic carbocycles. The molecule has 0 N–H and O–H groups in total. The van der Waals surface area contributed by atoms with Crippen LogP contribution in [0.2, 0.25) is 0 Å². The normalized spacial score (nSPS) is 12.1. The summed E-state index contributed by atoms with van der Waals surface area (Å²) >= 11 is 0. The SMILES string of the molecule is CCC/C=C\C/C=C\CCCCCCCC(=O)OCC(COC(=O)CCCCCCCCCCCCCCCCCCCCCCCCC)OC(=O)CCCCCCCCCCCCCCCC. The van der Waals surface area contributed by atoms with Gasteiger partial charge in [-0.05, 0) is 44.9 Å². The lowest BCUT2D eigenvalue weighted by molar-refractivity contribution is -0.167. The predicted molar refractivity (Wildman–Crippen MR) is 293 cm³/mol. The second kappa shape index (κ2) is 57.5. The highest BCUT2D eigenvalue weighted by Gasteiger charge is 2.19. The summed E-state index contributed by atoms with van der Waals surface area (Å²) in [5.74, 6) is -0.862. The Balaban J connectivity index is 4.23. The minimum Gasteiger partial charge on any atom is -0.462 e. The Bertz CT molecular complexity index is 1100. The van der Waals surface area contributed by atoms with Gasteiger partial charge in [0.25, 0.3) is 0 Å². The fourth-order valence-corrected chi connectivity index (χ4v) is 9.13. The van der Waals surface area contributed by atoms with E-state index in [1.165, 1.54) is 212 Å². The molecule has 68 heavy (non-hydrogen) atoms. The van der Waals surface area contributed by atoms with Gasteiger partial charge in [0.2, 0.25) is 0 Å². The van der Waals surface area contributed by atoms with Gasteiger partial charge in [0.05, 0.1) is 0 Å². The highest BCUT2D eigenvalue weighted by molar-refractivity contribution is 5.71. The molecule has 0 rings (SSSR count). The third kappa shape index (κ3) is 54.8. The molecular formula is C62H116O6. The number of rotatable bonds is 56. The molecule has 0 saturated heterocycles. The van der Waals surface area contributed by atoms with Crippen molar-refractivity contribution in [2.45, 2.75) is 341 Å². The fourth-order valence-electron chi connectivity index (χ4n) is 9.13. The van der Waals surface area contributed by atoms with Crippen LogP contribution in [-0.2, 0) is 28.6 Å². The van der Waals surface area contributed by atoms with E-state index in [0.717, 1.165) is 83.5 Å². The van der Waals surface area contributed by atoms with Gasteiger partial charge in [0.1, 0.15) is 13.2 Å². The monoisotopic (exact) mass is 957 g/mol. The van der Waals surface area contributed by atoms with Gasteiger partial charge in [-0.3, -0.25) is 14.4 Å². The van der Waals surface area contributed by atoms with Crippen molar-refractivity contribution in [3.05, 3.63) is 24.3 Å². The summed E-state index contributed by atoms with van der Waals surface area (Å²) in [4.78, 5) is 38.2. The first-order chi connectivity index (χ1) is 33.5. The van der Waals surface area contributed by atoms with Crippen molar-refractivity contribution in [2.75, 3.05) is 13.2 Å². The third-order valence-corrected chi connectivity index (χ3v) is 13.7. The molecule has 1 atom stereocenters. The molecule has 0 amide bonds. The lowest BCUT2D eigenvalue weighted by Crippen LogP contribution is -2.30. The molecule has 0 radical (unpaired) electrons. The minimum absolute atomic E-state index is 0.0700.